The fourth-order valence-electron chi connectivity index (χ4n) is 2.56. The second-order valence-corrected chi connectivity index (χ2v) is 6.34. The van der Waals surface area contributed by atoms with E-state index < -0.39 is 5.41 Å². The first kappa shape index (κ1) is 14.3. The Morgan fingerprint density at radius 3 is 2.52 bits per heavy atom. The van der Waals surface area contributed by atoms with Crippen molar-refractivity contribution in [2.45, 2.75) is 18.8 Å². The number of hydrogen-bond donors (Lipinski definition) is 2. The smallest absolute Gasteiger partial charge is 0.193 e. The van der Waals surface area contributed by atoms with Crippen LogP contribution in [0.5, 0.6) is 0 Å². The van der Waals surface area contributed by atoms with Gasteiger partial charge in [0.2, 0.25) is 0 Å². The summed E-state index contributed by atoms with van der Waals surface area (Å²) >= 11 is 1.57. The van der Waals surface area contributed by atoms with E-state index in [1.54, 1.807) is 11.3 Å². The van der Waals surface area contributed by atoms with E-state index in [0.29, 0.717) is 6.42 Å². The number of aliphatic hydroxyl groups is 2. The Kier molecular flexibility index (Phi) is 3.80. The number of fused-ring (bicyclic) bond motifs is 1. The van der Waals surface area contributed by atoms with Gasteiger partial charge < -0.3 is 10.2 Å². The summed E-state index contributed by atoms with van der Waals surface area (Å²) in [5.74, 6) is 0. The van der Waals surface area contributed by atoms with Gasteiger partial charge in [-0.15, -0.1) is 11.3 Å². The monoisotopic (exact) mass is 302 g/mol. The van der Waals surface area contributed by atoms with Gasteiger partial charge in [0.25, 0.3) is 0 Å². The summed E-state index contributed by atoms with van der Waals surface area (Å²) in [5, 5.41) is 21.8. The van der Waals surface area contributed by atoms with Gasteiger partial charge in [0.05, 0.1) is 18.9 Å². The lowest BCUT2D eigenvalue weighted by molar-refractivity contribution is 0.115. The number of aliphatic hydroxyl groups excluding tert-OH is 2. The standard InChI is InChI=1S/C16H18N2O2S/c1-12-2-4-13(5-3-12)16(10-19,11-20)8-14-9-18-6-7-21-15(18)17-14/h2-7,9,19-20H,8,10-11H2,1H3. The van der Waals surface area contributed by atoms with Crippen molar-refractivity contribution >= 4 is 16.3 Å². The molecule has 0 aliphatic rings. The molecule has 0 atom stereocenters. The molecule has 2 heterocycles. The number of imidazole rings is 1. The maximum atomic E-state index is 9.89. The molecule has 2 aromatic heterocycles. The van der Waals surface area contributed by atoms with Crippen molar-refractivity contribution < 1.29 is 10.2 Å². The normalized spacial score (nSPS) is 12.1. The van der Waals surface area contributed by atoms with Crippen molar-refractivity contribution in [1.29, 1.82) is 0 Å². The number of benzene rings is 1. The summed E-state index contributed by atoms with van der Waals surface area (Å²) in [6.45, 7) is 1.79. The van der Waals surface area contributed by atoms with Gasteiger partial charge in [-0.1, -0.05) is 29.8 Å². The van der Waals surface area contributed by atoms with Crippen molar-refractivity contribution in [3.05, 3.63) is 58.9 Å². The minimum Gasteiger partial charge on any atom is -0.395 e. The second kappa shape index (κ2) is 5.60. The molecule has 0 saturated carbocycles. The van der Waals surface area contributed by atoms with Crippen molar-refractivity contribution in [2.24, 2.45) is 0 Å². The van der Waals surface area contributed by atoms with Crippen molar-refractivity contribution in [2.75, 3.05) is 13.2 Å². The summed E-state index contributed by atoms with van der Waals surface area (Å²) in [6, 6.07) is 7.95. The molecule has 5 heteroatoms. The zero-order chi connectivity index (χ0) is 14.9. The lowest BCUT2D eigenvalue weighted by atomic mass is 9.78. The number of hydrogen-bond acceptors (Lipinski definition) is 4. The number of aryl methyl sites for hydroxylation is 1. The van der Waals surface area contributed by atoms with Crippen LogP contribution in [-0.4, -0.2) is 32.8 Å². The van der Waals surface area contributed by atoms with Gasteiger partial charge in [-0.25, -0.2) is 4.98 Å². The van der Waals surface area contributed by atoms with Gasteiger partial charge >= 0.3 is 0 Å². The Morgan fingerprint density at radius 1 is 1.19 bits per heavy atom. The molecule has 2 N–H and O–H groups in total. The molecule has 1 aromatic carbocycles. The highest BCUT2D eigenvalue weighted by Gasteiger charge is 2.32. The Morgan fingerprint density at radius 2 is 1.90 bits per heavy atom. The number of thiazole rings is 1. The highest BCUT2D eigenvalue weighted by Crippen LogP contribution is 2.28. The van der Waals surface area contributed by atoms with Gasteiger partial charge in [0.1, 0.15) is 0 Å². The number of aromatic nitrogens is 2. The van der Waals surface area contributed by atoms with Gasteiger partial charge in [-0.05, 0) is 12.5 Å². The van der Waals surface area contributed by atoms with Crippen LogP contribution in [0.25, 0.3) is 4.96 Å². The second-order valence-electron chi connectivity index (χ2n) is 5.46. The fraction of sp³-hybridized carbons (Fsp3) is 0.312. The Balaban J connectivity index is 1.96. The summed E-state index contributed by atoms with van der Waals surface area (Å²) < 4.78 is 1.97. The zero-order valence-electron chi connectivity index (χ0n) is 11.9. The average Bonchev–Trinajstić information content (AvgIpc) is 3.07. The molecule has 0 radical (unpaired) electrons. The summed E-state index contributed by atoms with van der Waals surface area (Å²) in [4.78, 5) is 5.49. The molecule has 0 aliphatic carbocycles. The Bertz CT molecular complexity index is 698. The van der Waals surface area contributed by atoms with Crippen LogP contribution in [0.2, 0.25) is 0 Å². The molecule has 3 aromatic rings. The predicted octanol–water partition coefficient (Wildman–Crippen LogP) is 2.17. The van der Waals surface area contributed by atoms with Crippen LogP contribution < -0.4 is 0 Å². The molecule has 0 aliphatic heterocycles. The first-order valence-corrected chi connectivity index (χ1v) is 7.75. The van der Waals surface area contributed by atoms with E-state index in [2.05, 4.69) is 4.98 Å². The predicted molar refractivity (Wildman–Crippen MR) is 83.8 cm³/mol. The van der Waals surface area contributed by atoms with E-state index in [1.165, 1.54) is 0 Å². The number of rotatable bonds is 5. The van der Waals surface area contributed by atoms with E-state index in [0.717, 1.165) is 21.8 Å². The van der Waals surface area contributed by atoms with Gasteiger partial charge in [0, 0.05) is 29.6 Å². The number of nitrogens with zero attached hydrogens (tertiary/aromatic N) is 2. The van der Waals surface area contributed by atoms with Crippen LogP contribution in [0.4, 0.5) is 0 Å². The highest BCUT2D eigenvalue weighted by atomic mass is 32.1. The van der Waals surface area contributed by atoms with Gasteiger partial charge in [-0.2, -0.15) is 0 Å². The van der Waals surface area contributed by atoms with Crippen molar-refractivity contribution in [3.8, 4) is 0 Å². The first-order valence-electron chi connectivity index (χ1n) is 6.87. The molecular formula is C16H18N2O2S. The fourth-order valence-corrected chi connectivity index (χ4v) is 3.28. The van der Waals surface area contributed by atoms with Crippen LogP contribution in [0.3, 0.4) is 0 Å². The van der Waals surface area contributed by atoms with E-state index in [4.69, 9.17) is 0 Å². The van der Waals surface area contributed by atoms with E-state index >= 15 is 0 Å². The third-order valence-corrected chi connectivity index (χ3v) is 4.70. The minimum absolute atomic E-state index is 0.113. The summed E-state index contributed by atoms with van der Waals surface area (Å²) in [6.07, 6.45) is 4.43. The van der Waals surface area contributed by atoms with E-state index in [9.17, 15) is 10.2 Å². The lowest BCUT2D eigenvalue weighted by Gasteiger charge is -2.29. The third-order valence-electron chi connectivity index (χ3n) is 3.93. The van der Waals surface area contributed by atoms with E-state index in [1.807, 2.05) is 53.4 Å². The Hall–Kier alpha value is -1.69. The highest BCUT2D eigenvalue weighted by molar-refractivity contribution is 7.15. The molecule has 0 fully saturated rings. The molecule has 0 bridgehead atoms. The molecule has 110 valence electrons. The van der Waals surface area contributed by atoms with Gasteiger partial charge in [0.15, 0.2) is 4.96 Å². The maximum Gasteiger partial charge on any atom is 0.193 e. The molecule has 4 nitrogen and oxygen atoms in total. The van der Waals surface area contributed by atoms with E-state index in [-0.39, 0.29) is 13.2 Å². The molecule has 0 saturated heterocycles. The van der Waals surface area contributed by atoms with Crippen LogP contribution in [0.1, 0.15) is 16.8 Å². The Labute approximate surface area is 127 Å². The quantitative estimate of drug-likeness (QED) is 0.759. The summed E-state index contributed by atoms with van der Waals surface area (Å²) in [7, 11) is 0. The van der Waals surface area contributed by atoms with Crippen molar-refractivity contribution in [3.63, 3.8) is 0 Å². The van der Waals surface area contributed by atoms with Crippen LogP contribution >= 0.6 is 11.3 Å². The van der Waals surface area contributed by atoms with Gasteiger partial charge in [-0.3, -0.25) is 4.40 Å². The molecule has 3 rings (SSSR count). The van der Waals surface area contributed by atoms with Crippen LogP contribution in [0, 0.1) is 6.92 Å². The average molecular weight is 302 g/mol. The third kappa shape index (κ3) is 2.60. The summed E-state index contributed by atoms with van der Waals surface area (Å²) in [5.41, 5.74) is 2.28. The first-order chi connectivity index (χ1) is 10.2. The molecule has 0 amide bonds. The van der Waals surface area contributed by atoms with Crippen LogP contribution in [0.15, 0.2) is 42.0 Å². The molecule has 0 unspecified atom stereocenters. The topological polar surface area (TPSA) is 57.8 Å². The maximum absolute atomic E-state index is 9.89. The van der Waals surface area contributed by atoms with Crippen molar-refractivity contribution in [1.82, 2.24) is 9.38 Å². The SMILES string of the molecule is Cc1ccc(C(CO)(CO)Cc2cn3ccsc3n2)cc1. The molecular weight excluding hydrogens is 284 g/mol. The largest absolute Gasteiger partial charge is 0.395 e. The molecule has 0 spiro atoms. The lowest BCUT2D eigenvalue weighted by Crippen LogP contribution is -2.37. The van der Waals surface area contributed by atoms with Crippen LogP contribution in [-0.2, 0) is 11.8 Å². The molecule has 21 heavy (non-hydrogen) atoms. The zero-order valence-corrected chi connectivity index (χ0v) is 12.7. The minimum atomic E-state index is -0.697.